The number of hydrogen-bond acceptors (Lipinski definition) is 2. The molecule has 4 unspecified atom stereocenters. The van der Waals surface area contributed by atoms with Crippen molar-refractivity contribution < 1.29 is 0 Å². The molecule has 25 heavy (non-hydrogen) atoms. The van der Waals surface area contributed by atoms with Gasteiger partial charge in [-0.05, 0) is 55.4 Å². The predicted octanol–water partition coefficient (Wildman–Crippen LogP) is 3.23. The summed E-state index contributed by atoms with van der Waals surface area (Å²) >= 11 is 0. The molecule has 0 spiro atoms. The quantitative estimate of drug-likeness (QED) is 0.429. The monoisotopic (exact) mass is 457 g/mol. The molecule has 2 bridgehead atoms. The van der Waals surface area contributed by atoms with Gasteiger partial charge in [0.2, 0.25) is 0 Å². The summed E-state index contributed by atoms with van der Waals surface area (Å²) in [5.74, 6) is 4.72. The molecule has 4 atom stereocenters. The summed E-state index contributed by atoms with van der Waals surface area (Å²) in [5.41, 5.74) is 1.36. The highest BCUT2D eigenvalue weighted by Crippen LogP contribution is 2.49. The maximum atomic E-state index is 4.53. The third-order valence-corrected chi connectivity index (χ3v) is 6.58. The van der Waals surface area contributed by atoms with E-state index in [1.807, 2.05) is 25.0 Å². The normalized spacial score (nSPS) is 31.4. The minimum absolute atomic E-state index is 0. The highest BCUT2D eigenvalue weighted by molar-refractivity contribution is 14.0. The molecule has 1 aromatic rings. The summed E-state index contributed by atoms with van der Waals surface area (Å²) in [6.45, 7) is 3.22. The van der Waals surface area contributed by atoms with Gasteiger partial charge in [-0.2, -0.15) is 5.10 Å². The van der Waals surface area contributed by atoms with E-state index < -0.39 is 0 Å². The van der Waals surface area contributed by atoms with E-state index in [9.17, 15) is 0 Å². The zero-order chi connectivity index (χ0) is 16.5. The Bertz CT molecular complexity index is 598. The van der Waals surface area contributed by atoms with Gasteiger partial charge in [0.15, 0.2) is 5.96 Å². The molecule has 0 amide bonds. The van der Waals surface area contributed by atoms with Crippen LogP contribution in [0.3, 0.4) is 0 Å². The van der Waals surface area contributed by atoms with Gasteiger partial charge in [-0.1, -0.05) is 6.42 Å². The minimum Gasteiger partial charge on any atom is -0.356 e. The number of fused-ring (bicyclic) bond motifs is 2. The van der Waals surface area contributed by atoms with E-state index in [1.165, 1.54) is 44.1 Å². The van der Waals surface area contributed by atoms with E-state index >= 15 is 0 Å². The van der Waals surface area contributed by atoms with Crippen LogP contribution in [0.2, 0.25) is 0 Å². The summed E-state index contributed by atoms with van der Waals surface area (Å²) < 4.78 is 1.90. The van der Waals surface area contributed by atoms with Gasteiger partial charge in [-0.25, -0.2) is 0 Å². The van der Waals surface area contributed by atoms with Crippen molar-refractivity contribution in [1.29, 1.82) is 0 Å². The van der Waals surface area contributed by atoms with Crippen LogP contribution in [0.1, 0.15) is 50.0 Å². The van der Waals surface area contributed by atoms with Crippen molar-refractivity contribution in [1.82, 2.24) is 20.0 Å². The first-order valence-corrected chi connectivity index (χ1v) is 9.67. The van der Waals surface area contributed by atoms with Gasteiger partial charge in [-0.15, -0.1) is 24.0 Å². The van der Waals surface area contributed by atoms with Gasteiger partial charge in [0.1, 0.15) is 0 Å². The van der Waals surface area contributed by atoms with E-state index in [2.05, 4.69) is 26.5 Å². The van der Waals surface area contributed by atoms with Crippen LogP contribution in [0.4, 0.5) is 0 Å². The molecule has 1 aliphatic heterocycles. The van der Waals surface area contributed by atoms with Crippen LogP contribution in [0.5, 0.6) is 0 Å². The molecule has 140 valence electrons. The summed E-state index contributed by atoms with van der Waals surface area (Å²) in [5, 5.41) is 7.95. The Morgan fingerprint density at radius 3 is 2.84 bits per heavy atom. The van der Waals surface area contributed by atoms with Crippen LogP contribution in [-0.4, -0.2) is 47.3 Å². The van der Waals surface area contributed by atoms with Gasteiger partial charge in [0, 0.05) is 45.8 Å². The highest BCUT2D eigenvalue weighted by Gasteiger charge is 2.38. The molecule has 3 aliphatic rings. The molecule has 3 fully saturated rings. The van der Waals surface area contributed by atoms with Crippen LogP contribution < -0.4 is 5.32 Å². The Hall–Kier alpha value is -0.790. The van der Waals surface area contributed by atoms with Crippen molar-refractivity contribution in [2.24, 2.45) is 29.8 Å². The second-order valence-electron chi connectivity index (χ2n) is 8.08. The van der Waals surface area contributed by atoms with E-state index in [0.717, 1.165) is 43.3 Å². The number of halogens is 1. The van der Waals surface area contributed by atoms with E-state index in [-0.39, 0.29) is 24.0 Å². The average molecular weight is 457 g/mol. The number of nitrogens with zero attached hydrogens (tertiary/aromatic N) is 4. The number of hydrogen-bond donors (Lipinski definition) is 1. The number of nitrogens with one attached hydrogen (secondary N) is 1. The summed E-state index contributed by atoms with van der Waals surface area (Å²) in [6.07, 6.45) is 12.7. The first-order chi connectivity index (χ1) is 11.7. The van der Waals surface area contributed by atoms with Gasteiger partial charge in [0.05, 0.1) is 6.20 Å². The lowest BCUT2D eigenvalue weighted by atomic mass is 9.86. The van der Waals surface area contributed by atoms with Gasteiger partial charge in [-0.3, -0.25) is 9.67 Å². The zero-order valence-electron chi connectivity index (χ0n) is 15.5. The molecule has 2 heterocycles. The van der Waals surface area contributed by atoms with Crippen LogP contribution in [-0.2, 0) is 7.05 Å². The van der Waals surface area contributed by atoms with E-state index in [4.69, 9.17) is 0 Å². The Morgan fingerprint density at radius 2 is 2.20 bits per heavy atom. The Kier molecular flexibility index (Phi) is 6.28. The summed E-state index contributed by atoms with van der Waals surface area (Å²) in [4.78, 5) is 6.94. The van der Waals surface area contributed by atoms with Crippen LogP contribution in [0.25, 0.3) is 0 Å². The molecule has 5 nitrogen and oxygen atoms in total. The molecule has 1 N–H and O–H groups in total. The first-order valence-electron chi connectivity index (χ1n) is 9.67. The molecule has 6 heteroatoms. The molecular formula is C19H32IN5. The topological polar surface area (TPSA) is 45.5 Å². The number of aryl methyl sites for hydroxylation is 1. The molecule has 2 aliphatic carbocycles. The summed E-state index contributed by atoms with van der Waals surface area (Å²) in [7, 11) is 3.91. The lowest BCUT2D eigenvalue weighted by Crippen LogP contribution is -2.40. The van der Waals surface area contributed by atoms with E-state index in [0.29, 0.717) is 5.92 Å². The Morgan fingerprint density at radius 1 is 1.32 bits per heavy atom. The third kappa shape index (κ3) is 4.14. The number of likely N-dealkylation sites (tertiary alicyclic amines) is 1. The standard InChI is InChI=1S/C19H31N5.HI/c1-20-19(21-7-5-16-10-14-3-4-15(16)9-14)24-8-6-17(13-24)18-11-22-23(2)12-18;/h11-12,14-17H,3-10,13H2,1-2H3,(H,20,21);1H. The van der Waals surface area contributed by atoms with Crippen LogP contribution >= 0.6 is 24.0 Å². The zero-order valence-corrected chi connectivity index (χ0v) is 17.9. The molecule has 1 saturated heterocycles. The number of guanidine groups is 1. The van der Waals surface area contributed by atoms with Crippen molar-refractivity contribution in [2.45, 2.75) is 44.4 Å². The highest BCUT2D eigenvalue weighted by atomic mass is 127. The van der Waals surface area contributed by atoms with Crippen LogP contribution in [0.15, 0.2) is 17.4 Å². The first kappa shape index (κ1) is 19.0. The number of rotatable bonds is 4. The number of aromatic nitrogens is 2. The Balaban J connectivity index is 0.00000182. The van der Waals surface area contributed by atoms with Gasteiger partial charge < -0.3 is 10.2 Å². The van der Waals surface area contributed by atoms with Crippen molar-refractivity contribution in [2.75, 3.05) is 26.7 Å². The largest absolute Gasteiger partial charge is 0.356 e. The molecule has 1 aromatic heterocycles. The lowest BCUT2D eigenvalue weighted by Gasteiger charge is -2.25. The van der Waals surface area contributed by atoms with E-state index in [1.54, 1.807) is 0 Å². The maximum Gasteiger partial charge on any atom is 0.193 e. The van der Waals surface area contributed by atoms with Crippen molar-refractivity contribution >= 4 is 29.9 Å². The molecule has 0 radical (unpaired) electrons. The van der Waals surface area contributed by atoms with Crippen LogP contribution in [0, 0.1) is 17.8 Å². The molecule has 0 aromatic carbocycles. The van der Waals surface area contributed by atoms with Crippen molar-refractivity contribution in [3.63, 3.8) is 0 Å². The average Bonchev–Trinajstić information content (AvgIpc) is 3.34. The fourth-order valence-corrected chi connectivity index (χ4v) is 5.31. The fourth-order valence-electron chi connectivity index (χ4n) is 5.31. The molecule has 2 saturated carbocycles. The van der Waals surface area contributed by atoms with Gasteiger partial charge >= 0.3 is 0 Å². The van der Waals surface area contributed by atoms with Crippen molar-refractivity contribution in [3.8, 4) is 0 Å². The SMILES string of the molecule is CN=C(NCCC1CC2CCC1C2)N1CCC(c2cnn(C)c2)C1.I. The Labute approximate surface area is 168 Å². The van der Waals surface area contributed by atoms with Crippen molar-refractivity contribution in [3.05, 3.63) is 18.0 Å². The third-order valence-electron chi connectivity index (χ3n) is 6.58. The second-order valence-corrected chi connectivity index (χ2v) is 8.08. The number of aliphatic imine (C=N–C) groups is 1. The second kappa shape index (κ2) is 8.27. The predicted molar refractivity (Wildman–Crippen MR) is 112 cm³/mol. The minimum atomic E-state index is 0. The molecular weight excluding hydrogens is 425 g/mol. The smallest absolute Gasteiger partial charge is 0.193 e. The molecule has 4 rings (SSSR count). The lowest BCUT2D eigenvalue weighted by molar-refractivity contribution is 0.313. The van der Waals surface area contributed by atoms with Gasteiger partial charge in [0.25, 0.3) is 0 Å². The fraction of sp³-hybridized carbons (Fsp3) is 0.789. The maximum absolute atomic E-state index is 4.53. The summed E-state index contributed by atoms with van der Waals surface area (Å²) in [6, 6.07) is 0.